The van der Waals surface area contributed by atoms with Crippen LogP contribution >= 0.6 is 0 Å². The van der Waals surface area contributed by atoms with Gasteiger partial charge in [-0.25, -0.2) is 0 Å². The zero-order valence-corrected chi connectivity index (χ0v) is 9.70. The summed E-state index contributed by atoms with van der Waals surface area (Å²) in [6.45, 7) is 6.51. The van der Waals surface area contributed by atoms with Crippen molar-refractivity contribution < 1.29 is 4.42 Å². The minimum atomic E-state index is 0.807. The molecule has 2 nitrogen and oxygen atoms in total. The van der Waals surface area contributed by atoms with Crippen LogP contribution in [0, 0.1) is 5.92 Å². The molecule has 0 bridgehead atoms. The zero-order chi connectivity index (χ0) is 10.9. The van der Waals surface area contributed by atoms with Crippen LogP contribution in [0.4, 0.5) is 0 Å². The fraction of sp³-hybridized carbons (Fsp3) is 0.538. The van der Waals surface area contributed by atoms with Gasteiger partial charge in [-0.1, -0.05) is 32.8 Å². The van der Waals surface area contributed by atoms with Gasteiger partial charge in [0.15, 0.2) is 0 Å². The Labute approximate surface area is 92.4 Å². The second-order valence-electron chi connectivity index (χ2n) is 3.76. The summed E-state index contributed by atoms with van der Waals surface area (Å²) in [7, 11) is 0. The van der Waals surface area contributed by atoms with E-state index in [1.807, 2.05) is 18.2 Å². The first-order valence-electron chi connectivity index (χ1n) is 5.77. The van der Waals surface area contributed by atoms with E-state index in [9.17, 15) is 0 Å². The van der Waals surface area contributed by atoms with Crippen LogP contribution in [0.15, 0.2) is 28.9 Å². The molecule has 0 saturated heterocycles. The van der Waals surface area contributed by atoms with Crippen LogP contribution < -0.4 is 5.32 Å². The van der Waals surface area contributed by atoms with E-state index in [1.165, 1.54) is 12.8 Å². The Bertz CT molecular complexity index is 260. The van der Waals surface area contributed by atoms with Crippen molar-refractivity contribution in [3.8, 4) is 0 Å². The molecule has 1 heterocycles. The van der Waals surface area contributed by atoms with Crippen molar-refractivity contribution >= 4 is 6.08 Å². The molecule has 1 aromatic rings. The van der Waals surface area contributed by atoms with Crippen LogP contribution in [0.5, 0.6) is 0 Å². The van der Waals surface area contributed by atoms with E-state index in [1.54, 1.807) is 6.26 Å². The van der Waals surface area contributed by atoms with Crippen molar-refractivity contribution in [3.63, 3.8) is 0 Å². The van der Waals surface area contributed by atoms with E-state index in [2.05, 4.69) is 25.2 Å². The molecule has 0 unspecified atom stereocenters. The Balaban J connectivity index is 2.11. The van der Waals surface area contributed by atoms with Crippen molar-refractivity contribution in [2.24, 2.45) is 5.92 Å². The largest absolute Gasteiger partial charge is 0.465 e. The molecule has 84 valence electrons. The maximum absolute atomic E-state index is 5.19. The summed E-state index contributed by atoms with van der Waals surface area (Å²) in [5, 5.41) is 3.42. The average molecular weight is 207 g/mol. The highest BCUT2D eigenvalue weighted by Gasteiger charge is 2.00. The summed E-state index contributed by atoms with van der Waals surface area (Å²) in [6, 6.07) is 3.86. The number of hydrogen-bond acceptors (Lipinski definition) is 2. The smallest absolute Gasteiger partial charge is 0.126 e. The van der Waals surface area contributed by atoms with Crippen molar-refractivity contribution in [3.05, 3.63) is 30.2 Å². The third-order valence-electron chi connectivity index (χ3n) is 2.68. The van der Waals surface area contributed by atoms with Gasteiger partial charge in [0, 0.05) is 6.54 Å². The van der Waals surface area contributed by atoms with E-state index in [0.29, 0.717) is 0 Å². The maximum Gasteiger partial charge on any atom is 0.126 e. The summed E-state index contributed by atoms with van der Waals surface area (Å²) < 4.78 is 5.19. The number of furan rings is 1. The van der Waals surface area contributed by atoms with Crippen LogP contribution in [-0.4, -0.2) is 13.1 Å². The molecule has 0 spiro atoms. The SMILES string of the molecule is CCC(CC)CNC/C=C/c1ccco1. The lowest BCUT2D eigenvalue weighted by atomic mass is 10.0. The lowest BCUT2D eigenvalue weighted by molar-refractivity contribution is 0.461. The van der Waals surface area contributed by atoms with Crippen LogP contribution in [0.1, 0.15) is 32.4 Å². The van der Waals surface area contributed by atoms with Gasteiger partial charge in [-0.15, -0.1) is 0 Å². The summed E-state index contributed by atoms with van der Waals surface area (Å²) in [5.74, 6) is 1.72. The van der Waals surface area contributed by atoms with Gasteiger partial charge >= 0.3 is 0 Å². The van der Waals surface area contributed by atoms with Gasteiger partial charge in [-0.3, -0.25) is 0 Å². The molecule has 0 aromatic carbocycles. The Morgan fingerprint density at radius 3 is 2.80 bits per heavy atom. The number of hydrogen-bond donors (Lipinski definition) is 1. The molecular weight excluding hydrogens is 186 g/mol. The molecule has 1 N–H and O–H groups in total. The first-order chi connectivity index (χ1) is 7.36. The minimum Gasteiger partial charge on any atom is -0.465 e. The molecule has 2 heteroatoms. The Hall–Kier alpha value is -1.02. The topological polar surface area (TPSA) is 25.2 Å². The molecule has 15 heavy (non-hydrogen) atoms. The van der Waals surface area contributed by atoms with Gasteiger partial charge in [0.25, 0.3) is 0 Å². The normalized spacial score (nSPS) is 11.7. The van der Waals surface area contributed by atoms with Crippen molar-refractivity contribution in [1.82, 2.24) is 5.32 Å². The monoisotopic (exact) mass is 207 g/mol. The van der Waals surface area contributed by atoms with E-state index in [-0.39, 0.29) is 0 Å². The second kappa shape index (κ2) is 7.30. The molecule has 0 saturated carbocycles. The molecule has 0 radical (unpaired) electrons. The molecule has 0 aliphatic rings. The van der Waals surface area contributed by atoms with Gasteiger partial charge in [-0.05, 0) is 30.7 Å². The highest BCUT2D eigenvalue weighted by Crippen LogP contribution is 2.05. The zero-order valence-electron chi connectivity index (χ0n) is 9.70. The molecular formula is C13H21NO. The van der Waals surface area contributed by atoms with Crippen LogP contribution in [0.3, 0.4) is 0 Å². The Morgan fingerprint density at radius 1 is 1.40 bits per heavy atom. The van der Waals surface area contributed by atoms with Crippen LogP contribution in [-0.2, 0) is 0 Å². The molecule has 0 aliphatic carbocycles. The molecule has 1 aromatic heterocycles. The lowest BCUT2D eigenvalue weighted by Gasteiger charge is -2.11. The van der Waals surface area contributed by atoms with Crippen LogP contribution in [0.2, 0.25) is 0 Å². The van der Waals surface area contributed by atoms with Crippen molar-refractivity contribution in [2.45, 2.75) is 26.7 Å². The predicted octanol–water partition coefficient (Wildman–Crippen LogP) is 3.32. The van der Waals surface area contributed by atoms with E-state index in [4.69, 9.17) is 4.42 Å². The highest BCUT2D eigenvalue weighted by atomic mass is 16.3. The molecule has 0 atom stereocenters. The summed E-state index contributed by atoms with van der Waals surface area (Å²) in [5.41, 5.74) is 0. The molecule has 0 aliphatic heterocycles. The second-order valence-corrected chi connectivity index (χ2v) is 3.76. The van der Waals surface area contributed by atoms with Gasteiger partial charge in [-0.2, -0.15) is 0 Å². The van der Waals surface area contributed by atoms with Gasteiger partial charge in [0.05, 0.1) is 6.26 Å². The number of nitrogens with one attached hydrogen (secondary N) is 1. The average Bonchev–Trinajstić information content (AvgIpc) is 2.76. The van der Waals surface area contributed by atoms with Gasteiger partial charge in [0.1, 0.15) is 5.76 Å². The molecule has 0 amide bonds. The fourth-order valence-corrected chi connectivity index (χ4v) is 1.51. The van der Waals surface area contributed by atoms with E-state index >= 15 is 0 Å². The third kappa shape index (κ3) is 4.84. The van der Waals surface area contributed by atoms with Gasteiger partial charge < -0.3 is 9.73 Å². The van der Waals surface area contributed by atoms with Crippen molar-refractivity contribution in [1.29, 1.82) is 0 Å². The Morgan fingerprint density at radius 2 is 2.20 bits per heavy atom. The maximum atomic E-state index is 5.19. The molecule has 0 fully saturated rings. The fourth-order valence-electron chi connectivity index (χ4n) is 1.51. The minimum absolute atomic E-state index is 0.807. The summed E-state index contributed by atoms with van der Waals surface area (Å²) in [4.78, 5) is 0. The summed E-state index contributed by atoms with van der Waals surface area (Å²) >= 11 is 0. The molecule has 1 rings (SSSR count). The quantitative estimate of drug-likeness (QED) is 0.694. The van der Waals surface area contributed by atoms with Crippen LogP contribution in [0.25, 0.3) is 6.08 Å². The Kier molecular flexibility index (Phi) is 5.86. The third-order valence-corrected chi connectivity index (χ3v) is 2.68. The lowest BCUT2D eigenvalue weighted by Crippen LogP contribution is -2.22. The first-order valence-corrected chi connectivity index (χ1v) is 5.77. The van der Waals surface area contributed by atoms with Crippen molar-refractivity contribution in [2.75, 3.05) is 13.1 Å². The standard InChI is InChI=1S/C13H21NO/c1-3-12(4-2)11-14-9-5-7-13-8-6-10-15-13/h5-8,10,12,14H,3-4,9,11H2,1-2H3/b7-5+. The first kappa shape index (κ1) is 12.1. The van der Waals surface area contributed by atoms with E-state index < -0.39 is 0 Å². The summed E-state index contributed by atoms with van der Waals surface area (Å²) in [6.07, 6.45) is 8.30. The predicted molar refractivity (Wildman–Crippen MR) is 64.7 cm³/mol. The van der Waals surface area contributed by atoms with Gasteiger partial charge in [0.2, 0.25) is 0 Å². The highest BCUT2D eigenvalue weighted by molar-refractivity contribution is 5.42. The number of rotatable bonds is 7. The van der Waals surface area contributed by atoms with E-state index in [0.717, 1.165) is 24.8 Å².